The van der Waals surface area contributed by atoms with Crippen LogP contribution in [0.1, 0.15) is 0 Å². The number of benzene rings is 2. The molecular formula is C13H10Cl2N2OS. The Bertz CT molecular complexity index is 602. The Kier molecular flexibility index (Phi) is 4.58. The van der Waals surface area contributed by atoms with Crippen molar-refractivity contribution in [2.75, 3.05) is 5.32 Å². The summed E-state index contributed by atoms with van der Waals surface area (Å²) < 4.78 is 0. The van der Waals surface area contributed by atoms with Crippen molar-refractivity contribution in [3.63, 3.8) is 0 Å². The molecular weight excluding hydrogens is 303 g/mol. The molecule has 0 aliphatic rings. The third-order valence-electron chi connectivity index (χ3n) is 2.19. The maximum atomic E-state index is 10.8. The highest BCUT2D eigenvalue weighted by atomic mass is 35.5. The molecule has 0 fully saturated rings. The molecule has 2 aromatic carbocycles. The Hall–Kier alpha value is -1.36. The van der Waals surface area contributed by atoms with E-state index in [1.807, 2.05) is 30.3 Å². The van der Waals surface area contributed by atoms with E-state index >= 15 is 0 Å². The third-order valence-corrected chi connectivity index (χ3v) is 3.64. The fourth-order valence-electron chi connectivity index (χ4n) is 1.47. The molecule has 3 nitrogen and oxygen atoms in total. The van der Waals surface area contributed by atoms with E-state index < -0.39 is 6.03 Å². The summed E-state index contributed by atoms with van der Waals surface area (Å²) >= 11 is 13.3. The SMILES string of the molecule is NC(=O)Nc1cc(Cl)cc(Sc2ccc(Cl)cc2)c1. The van der Waals surface area contributed by atoms with Crippen LogP contribution in [0.15, 0.2) is 52.3 Å². The summed E-state index contributed by atoms with van der Waals surface area (Å²) in [5.74, 6) is 0. The number of primary amides is 1. The molecule has 0 heterocycles. The van der Waals surface area contributed by atoms with Gasteiger partial charge in [-0.05, 0) is 42.5 Å². The van der Waals surface area contributed by atoms with E-state index in [-0.39, 0.29) is 0 Å². The summed E-state index contributed by atoms with van der Waals surface area (Å²) in [6, 6.07) is 12.1. The van der Waals surface area contributed by atoms with Crippen molar-refractivity contribution < 1.29 is 4.79 Å². The number of halogens is 2. The Morgan fingerprint density at radius 2 is 1.68 bits per heavy atom. The lowest BCUT2D eigenvalue weighted by Crippen LogP contribution is -2.19. The van der Waals surface area contributed by atoms with Gasteiger partial charge in [-0.2, -0.15) is 0 Å². The lowest BCUT2D eigenvalue weighted by atomic mass is 10.3. The minimum atomic E-state index is -0.621. The highest BCUT2D eigenvalue weighted by Gasteiger charge is 2.04. The molecule has 98 valence electrons. The number of nitrogens with two attached hydrogens (primary N) is 1. The highest BCUT2D eigenvalue weighted by molar-refractivity contribution is 7.99. The summed E-state index contributed by atoms with van der Waals surface area (Å²) in [4.78, 5) is 12.8. The number of nitrogens with one attached hydrogen (secondary N) is 1. The smallest absolute Gasteiger partial charge is 0.316 e. The summed E-state index contributed by atoms with van der Waals surface area (Å²) in [6.07, 6.45) is 0. The van der Waals surface area contributed by atoms with Gasteiger partial charge in [-0.1, -0.05) is 35.0 Å². The van der Waals surface area contributed by atoms with Crippen molar-refractivity contribution in [3.8, 4) is 0 Å². The Morgan fingerprint density at radius 1 is 1.00 bits per heavy atom. The van der Waals surface area contributed by atoms with Crippen molar-refractivity contribution in [1.82, 2.24) is 0 Å². The first kappa shape index (κ1) is 14.1. The van der Waals surface area contributed by atoms with E-state index in [0.717, 1.165) is 9.79 Å². The third kappa shape index (κ3) is 4.35. The zero-order chi connectivity index (χ0) is 13.8. The molecule has 0 saturated carbocycles. The van der Waals surface area contributed by atoms with E-state index in [1.54, 1.807) is 12.1 Å². The minimum Gasteiger partial charge on any atom is -0.351 e. The lowest BCUT2D eigenvalue weighted by molar-refractivity contribution is 0.259. The van der Waals surface area contributed by atoms with E-state index in [9.17, 15) is 4.79 Å². The molecule has 6 heteroatoms. The molecule has 2 amide bonds. The van der Waals surface area contributed by atoms with Gasteiger partial charge in [0.15, 0.2) is 0 Å². The fraction of sp³-hybridized carbons (Fsp3) is 0. The quantitative estimate of drug-likeness (QED) is 0.867. The molecule has 3 N–H and O–H groups in total. The zero-order valence-electron chi connectivity index (χ0n) is 9.69. The molecule has 2 aromatic rings. The van der Waals surface area contributed by atoms with Gasteiger partial charge >= 0.3 is 6.03 Å². The molecule has 0 atom stereocenters. The van der Waals surface area contributed by atoms with Crippen LogP contribution in [0.2, 0.25) is 10.0 Å². The molecule has 0 aliphatic heterocycles. The van der Waals surface area contributed by atoms with Gasteiger partial charge in [-0.25, -0.2) is 4.79 Å². The maximum absolute atomic E-state index is 10.8. The first-order chi connectivity index (χ1) is 9.02. The van der Waals surface area contributed by atoms with E-state index in [0.29, 0.717) is 15.7 Å². The van der Waals surface area contributed by atoms with E-state index in [1.165, 1.54) is 11.8 Å². The van der Waals surface area contributed by atoms with Gasteiger partial charge in [0.25, 0.3) is 0 Å². The van der Waals surface area contributed by atoms with Gasteiger partial charge in [0, 0.05) is 25.5 Å². The van der Waals surface area contributed by atoms with Crippen LogP contribution in [-0.2, 0) is 0 Å². The summed E-state index contributed by atoms with van der Waals surface area (Å²) in [7, 11) is 0. The minimum absolute atomic E-state index is 0.530. The zero-order valence-corrected chi connectivity index (χ0v) is 12.0. The van der Waals surface area contributed by atoms with Crippen LogP contribution in [0.5, 0.6) is 0 Å². The molecule has 0 aromatic heterocycles. The van der Waals surface area contributed by atoms with E-state index in [4.69, 9.17) is 28.9 Å². The molecule has 0 spiro atoms. The van der Waals surface area contributed by atoms with Gasteiger partial charge in [0.2, 0.25) is 0 Å². The van der Waals surface area contributed by atoms with Crippen LogP contribution in [0, 0.1) is 0 Å². The van der Waals surface area contributed by atoms with Gasteiger partial charge in [-0.3, -0.25) is 0 Å². The largest absolute Gasteiger partial charge is 0.351 e. The van der Waals surface area contributed by atoms with Crippen LogP contribution in [0.3, 0.4) is 0 Å². The number of anilines is 1. The van der Waals surface area contributed by atoms with Crippen molar-refractivity contribution in [1.29, 1.82) is 0 Å². The number of hydrogen-bond donors (Lipinski definition) is 2. The van der Waals surface area contributed by atoms with Gasteiger partial charge in [0.05, 0.1) is 0 Å². The molecule has 0 unspecified atom stereocenters. The van der Waals surface area contributed by atoms with Crippen LogP contribution in [0.25, 0.3) is 0 Å². The number of carbonyl (C=O) groups excluding carboxylic acids is 1. The second-order valence-electron chi connectivity index (χ2n) is 3.72. The average molecular weight is 313 g/mol. The van der Waals surface area contributed by atoms with Gasteiger partial charge < -0.3 is 11.1 Å². The average Bonchev–Trinajstić information content (AvgIpc) is 2.30. The Labute approximate surface area is 125 Å². The fourth-order valence-corrected chi connectivity index (χ4v) is 2.82. The molecule has 2 rings (SSSR count). The summed E-state index contributed by atoms with van der Waals surface area (Å²) in [5, 5.41) is 3.72. The second-order valence-corrected chi connectivity index (χ2v) is 5.74. The predicted octanol–water partition coefficient (Wildman–Crippen LogP) is 4.64. The van der Waals surface area contributed by atoms with Crippen LogP contribution in [-0.4, -0.2) is 6.03 Å². The number of rotatable bonds is 3. The molecule has 19 heavy (non-hydrogen) atoms. The van der Waals surface area contributed by atoms with Crippen LogP contribution >= 0.6 is 35.0 Å². The van der Waals surface area contributed by atoms with Gasteiger partial charge in [-0.15, -0.1) is 0 Å². The van der Waals surface area contributed by atoms with Crippen molar-refractivity contribution >= 4 is 46.7 Å². The van der Waals surface area contributed by atoms with E-state index in [2.05, 4.69) is 5.32 Å². The highest BCUT2D eigenvalue weighted by Crippen LogP contribution is 2.32. The number of amides is 2. The Morgan fingerprint density at radius 3 is 2.32 bits per heavy atom. The monoisotopic (exact) mass is 312 g/mol. The van der Waals surface area contributed by atoms with Crippen LogP contribution in [0.4, 0.5) is 10.5 Å². The van der Waals surface area contributed by atoms with Crippen LogP contribution < -0.4 is 11.1 Å². The lowest BCUT2D eigenvalue weighted by Gasteiger charge is -2.07. The standard InChI is InChI=1S/C13H10Cl2N2OS/c14-8-1-3-11(4-2-8)19-12-6-9(15)5-10(7-12)17-13(16)18/h1-7H,(H3,16,17,18). The van der Waals surface area contributed by atoms with Crippen molar-refractivity contribution in [2.24, 2.45) is 5.73 Å². The summed E-state index contributed by atoms with van der Waals surface area (Å²) in [5.41, 5.74) is 5.65. The number of hydrogen-bond acceptors (Lipinski definition) is 2. The number of carbonyl (C=O) groups is 1. The molecule has 0 bridgehead atoms. The number of urea groups is 1. The first-order valence-electron chi connectivity index (χ1n) is 5.33. The van der Waals surface area contributed by atoms with Crippen molar-refractivity contribution in [2.45, 2.75) is 9.79 Å². The molecule has 0 radical (unpaired) electrons. The predicted molar refractivity (Wildman–Crippen MR) is 80.2 cm³/mol. The first-order valence-corrected chi connectivity index (χ1v) is 6.90. The second kappa shape index (κ2) is 6.19. The van der Waals surface area contributed by atoms with Crippen molar-refractivity contribution in [3.05, 3.63) is 52.5 Å². The summed E-state index contributed by atoms with van der Waals surface area (Å²) in [6.45, 7) is 0. The Balaban J connectivity index is 2.22. The molecule has 0 saturated heterocycles. The molecule has 0 aliphatic carbocycles. The normalized spacial score (nSPS) is 10.2. The topological polar surface area (TPSA) is 55.1 Å². The maximum Gasteiger partial charge on any atom is 0.316 e. The van der Waals surface area contributed by atoms with Gasteiger partial charge in [0.1, 0.15) is 0 Å².